The summed E-state index contributed by atoms with van der Waals surface area (Å²) in [7, 11) is -0.434. The van der Waals surface area contributed by atoms with Crippen LogP contribution in [-0.2, 0) is 10.0 Å². The Morgan fingerprint density at radius 1 is 1.15 bits per heavy atom. The van der Waals surface area contributed by atoms with Crippen molar-refractivity contribution in [1.29, 1.82) is 0 Å². The topological polar surface area (TPSA) is 68.2 Å². The minimum Gasteiger partial charge on any atom is -0.497 e. The predicted octanol–water partition coefficient (Wildman–Crippen LogP) is 3.58. The second-order valence-electron chi connectivity index (χ2n) is 5.92. The maximum Gasteiger partial charge on any atom is 0.247 e. The highest BCUT2D eigenvalue weighted by Crippen LogP contribution is 2.40. The van der Waals surface area contributed by atoms with Crippen LogP contribution in [-0.4, -0.2) is 39.0 Å². The molecule has 2 aromatic rings. The van der Waals surface area contributed by atoms with Crippen LogP contribution in [0.25, 0.3) is 0 Å². The first-order valence-electron chi connectivity index (χ1n) is 7.88. The number of halogens is 1. The van der Waals surface area contributed by atoms with Crippen LogP contribution in [0, 0.1) is 0 Å². The Kier molecular flexibility index (Phi) is 5.24. The molecule has 0 radical (unpaired) electrons. The molecular weight excluding hydrogens is 420 g/mol. The van der Waals surface area contributed by atoms with Crippen LogP contribution in [0.5, 0.6) is 11.5 Å². The number of rotatable bonds is 5. The van der Waals surface area contributed by atoms with E-state index in [4.69, 9.17) is 9.47 Å². The van der Waals surface area contributed by atoms with E-state index in [0.717, 1.165) is 20.7 Å². The summed E-state index contributed by atoms with van der Waals surface area (Å²) in [6, 6.07) is 12.5. The monoisotopic (exact) mass is 438 g/mol. The van der Waals surface area contributed by atoms with Crippen LogP contribution in [0.3, 0.4) is 0 Å². The number of hydrogen-bond acceptors (Lipinski definition) is 5. The molecule has 26 heavy (non-hydrogen) atoms. The third-order valence-electron chi connectivity index (χ3n) is 4.17. The minimum absolute atomic E-state index is 0.438. The molecule has 0 aliphatic carbocycles. The molecule has 0 unspecified atom stereocenters. The van der Waals surface area contributed by atoms with Gasteiger partial charge in [-0.25, -0.2) is 8.42 Å². The molecule has 0 aromatic heterocycles. The Labute approximate surface area is 161 Å². The number of benzene rings is 2. The number of sulfonamides is 1. The van der Waals surface area contributed by atoms with E-state index >= 15 is 0 Å². The SMILES string of the molecule is COc1ccc(OC)c([C@@H]2CC(c3cccc(Br)c3)=NN2S(C)(=O)=O)c1. The van der Waals surface area contributed by atoms with Gasteiger partial charge in [0.15, 0.2) is 0 Å². The zero-order chi connectivity index (χ0) is 18.9. The number of hydrazone groups is 1. The molecule has 0 saturated heterocycles. The van der Waals surface area contributed by atoms with E-state index in [-0.39, 0.29) is 0 Å². The van der Waals surface area contributed by atoms with E-state index in [9.17, 15) is 8.42 Å². The first-order chi connectivity index (χ1) is 12.3. The Morgan fingerprint density at radius 3 is 2.54 bits per heavy atom. The van der Waals surface area contributed by atoms with Gasteiger partial charge in [0.1, 0.15) is 11.5 Å². The molecule has 0 saturated carbocycles. The molecule has 3 rings (SSSR count). The summed E-state index contributed by atoms with van der Waals surface area (Å²) in [6.07, 6.45) is 1.59. The third kappa shape index (κ3) is 3.71. The average Bonchev–Trinajstić information content (AvgIpc) is 3.07. The summed E-state index contributed by atoms with van der Waals surface area (Å²) in [5.74, 6) is 1.22. The van der Waals surface area contributed by atoms with Gasteiger partial charge >= 0.3 is 0 Å². The molecule has 0 bridgehead atoms. The summed E-state index contributed by atoms with van der Waals surface area (Å²) in [4.78, 5) is 0. The van der Waals surface area contributed by atoms with Crippen molar-refractivity contribution in [2.45, 2.75) is 12.5 Å². The van der Waals surface area contributed by atoms with Gasteiger partial charge in [-0.2, -0.15) is 9.52 Å². The van der Waals surface area contributed by atoms with Crippen LogP contribution in [0.15, 0.2) is 52.0 Å². The van der Waals surface area contributed by atoms with Gasteiger partial charge in [0.25, 0.3) is 0 Å². The highest BCUT2D eigenvalue weighted by Gasteiger charge is 2.36. The van der Waals surface area contributed by atoms with Crippen molar-refractivity contribution >= 4 is 31.7 Å². The lowest BCUT2D eigenvalue weighted by atomic mass is 9.98. The quantitative estimate of drug-likeness (QED) is 0.715. The van der Waals surface area contributed by atoms with Crippen LogP contribution in [0.1, 0.15) is 23.6 Å². The van der Waals surface area contributed by atoms with Crippen molar-refractivity contribution in [3.8, 4) is 11.5 Å². The second-order valence-corrected chi connectivity index (χ2v) is 8.68. The molecule has 1 aliphatic heterocycles. The standard InChI is InChI=1S/C18H19BrN2O4S/c1-24-14-7-8-18(25-2)15(10-14)17-11-16(20-21(17)26(3,22)23)12-5-4-6-13(19)9-12/h4-10,17H,11H2,1-3H3/t17-/m0/s1. The Bertz CT molecular complexity index is 959. The molecule has 0 fully saturated rings. The van der Waals surface area contributed by atoms with E-state index in [1.807, 2.05) is 24.3 Å². The van der Waals surface area contributed by atoms with Gasteiger partial charge in [-0.05, 0) is 35.9 Å². The van der Waals surface area contributed by atoms with Crippen molar-refractivity contribution < 1.29 is 17.9 Å². The molecule has 0 spiro atoms. The molecule has 0 amide bonds. The molecule has 2 aromatic carbocycles. The molecule has 1 aliphatic rings. The van der Waals surface area contributed by atoms with Crippen molar-refractivity contribution in [2.75, 3.05) is 20.5 Å². The predicted molar refractivity (Wildman–Crippen MR) is 104 cm³/mol. The zero-order valence-corrected chi connectivity index (χ0v) is 17.0. The summed E-state index contributed by atoms with van der Waals surface area (Å²) in [5, 5.41) is 4.40. The number of hydrogen-bond donors (Lipinski definition) is 0. The summed E-state index contributed by atoms with van der Waals surface area (Å²) in [6.45, 7) is 0. The Balaban J connectivity index is 2.08. The highest BCUT2D eigenvalue weighted by molar-refractivity contribution is 9.10. The van der Waals surface area contributed by atoms with Gasteiger partial charge in [-0.1, -0.05) is 28.1 Å². The fourth-order valence-corrected chi connectivity index (χ4v) is 4.26. The maximum atomic E-state index is 12.4. The minimum atomic E-state index is -3.56. The smallest absolute Gasteiger partial charge is 0.247 e. The summed E-state index contributed by atoms with van der Waals surface area (Å²) in [5.41, 5.74) is 2.29. The average molecular weight is 439 g/mol. The van der Waals surface area contributed by atoms with E-state index in [1.54, 1.807) is 32.4 Å². The molecule has 138 valence electrons. The summed E-state index contributed by atoms with van der Waals surface area (Å²) >= 11 is 3.44. The van der Waals surface area contributed by atoms with Crippen LogP contribution >= 0.6 is 15.9 Å². The van der Waals surface area contributed by atoms with Crippen LogP contribution in [0.4, 0.5) is 0 Å². The fourth-order valence-electron chi connectivity index (χ4n) is 2.97. The molecule has 1 atom stereocenters. The van der Waals surface area contributed by atoms with Gasteiger partial charge in [0, 0.05) is 16.5 Å². The number of nitrogens with zero attached hydrogens (tertiary/aromatic N) is 2. The zero-order valence-electron chi connectivity index (χ0n) is 14.6. The van der Waals surface area contributed by atoms with Gasteiger partial charge < -0.3 is 9.47 Å². The third-order valence-corrected chi connectivity index (χ3v) is 5.68. The first kappa shape index (κ1) is 18.7. The lowest BCUT2D eigenvalue weighted by Gasteiger charge is -2.23. The largest absolute Gasteiger partial charge is 0.497 e. The van der Waals surface area contributed by atoms with E-state index < -0.39 is 16.1 Å². The van der Waals surface area contributed by atoms with Gasteiger partial charge in [-0.15, -0.1) is 0 Å². The van der Waals surface area contributed by atoms with Crippen molar-refractivity contribution in [1.82, 2.24) is 4.41 Å². The Hall–Kier alpha value is -2.06. The van der Waals surface area contributed by atoms with Crippen molar-refractivity contribution in [3.05, 3.63) is 58.1 Å². The van der Waals surface area contributed by atoms with E-state index in [0.29, 0.717) is 29.2 Å². The summed E-state index contributed by atoms with van der Waals surface area (Å²) < 4.78 is 37.5. The van der Waals surface area contributed by atoms with Crippen molar-refractivity contribution in [3.63, 3.8) is 0 Å². The van der Waals surface area contributed by atoms with Gasteiger partial charge in [-0.3, -0.25) is 0 Å². The maximum absolute atomic E-state index is 12.4. The van der Waals surface area contributed by atoms with Crippen molar-refractivity contribution in [2.24, 2.45) is 5.10 Å². The van der Waals surface area contributed by atoms with Gasteiger partial charge in [0.2, 0.25) is 10.0 Å². The Morgan fingerprint density at radius 2 is 1.92 bits per heavy atom. The first-order valence-corrected chi connectivity index (χ1v) is 10.5. The molecule has 0 N–H and O–H groups in total. The number of methoxy groups -OCH3 is 2. The second kappa shape index (κ2) is 7.28. The van der Waals surface area contributed by atoms with Crippen LogP contribution < -0.4 is 9.47 Å². The van der Waals surface area contributed by atoms with E-state index in [2.05, 4.69) is 21.0 Å². The molecule has 6 nitrogen and oxygen atoms in total. The lowest BCUT2D eigenvalue weighted by Crippen LogP contribution is -2.26. The van der Waals surface area contributed by atoms with Gasteiger partial charge in [0.05, 0.1) is 32.2 Å². The lowest BCUT2D eigenvalue weighted by molar-refractivity contribution is 0.348. The number of ether oxygens (including phenoxy) is 2. The highest BCUT2D eigenvalue weighted by atomic mass is 79.9. The fraction of sp³-hybridized carbons (Fsp3) is 0.278. The normalized spacial score (nSPS) is 17.2. The van der Waals surface area contributed by atoms with Crippen LogP contribution in [0.2, 0.25) is 0 Å². The molecule has 1 heterocycles. The molecule has 8 heteroatoms. The molecular formula is C18H19BrN2O4S. The van der Waals surface area contributed by atoms with E-state index in [1.165, 1.54) is 0 Å².